The first kappa shape index (κ1) is 19.7. The molecule has 0 aliphatic heterocycles. The van der Waals surface area contributed by atoms with Gasteiger partial charge in [-0.3, -0.25) is 0 Å². The van der Waals surface area contributed by atoms with Gasteiger partial charge in [0, 0.05) is 16.0 Å². The fourth-order valence-corrected chi connectivity index (χ4v) is 3.93. The minimum absolute atomic E-state index is 0.178. The molecule has 0 atom stereocenters. The summed E-state index contributed by atoms with van der Waals surface area (Å²) in [6.07, 6.45) is 4.24. The van der Waals surface area contributed by atoms with E-state index in [1.165, 1.54) is 23.1 Å². The Morgan fingerprint density at radius 2 is 1.31 bits per heavy atom. The average molecular weight is 403 g/mol. The number of halogens is 2. The third kappa shape index (κ3) is 4.52. The van der Waals surface area contributed by atoms with Gasteiger partial charge in [-0.05, 0) is 59.0 Å². The van der Waals surface area contributed by atoms with Gasteiger partial charge >= 0.3 is 0 Å². The highest BCUT2D eigenvalue weighted by molar-refractivity contribution is 6.30. The van der Waals surface area contributed by atoms with Gasteiger partial charge < -0.3 is 0 Å². The van der Waals surface area contributed by atoms with E-state index in [9.17, 15) is 0 Å². The molecule has 0 aliphatic carbocycles. The molecule has 0 N–H and O–H groups in total. The van der Waals surface area contributed by atoms with Crippen LogP contribution in [-0.2, 0) is 19.3 Å². The minimum Gasteiger partial charge on any atom is -0.206 e. The predicted molar refractivity (Wildman–Crippen MR) is 122 cm³/mol. The molecule has 0 bridgehead atoms. The molecule has 4 aromatic carbocycles. The molecule has 0 heterocycles. The Morgan fingerprint density at radius 3 is 2.00 bits per heavy atom. The highest BCUT2D eigenvalue weighted by Gasteiger charge is 2.10. The quantitative estimate of drug-likeness (QED) is 0.306. The second-order valence-electron chi connectivity index (χ2n) is 7.56. The summed E-state index contributed by atoms with van der Waals surface area (Å²) in [5, 5.41) is 2.25. The van der Waals surface area contributed by atoms with Crippen molar-refractivity contribution < 1.29 is 4.39 Å². The molecule has 146 valence electrons. The molecular weight excluding hydrogens is 379 g/mol. The van der Waals surface area contributed by atoms with Crippen molar-refractivity contribution in [1.29, 1.82) is 0 Å². The molecule has 0 unspecified atom stereocenters. The first-order chi connectivity index (χ1) is 14.1. The summed E-state index contributed by atoms with van der Waals surface area (Å²) < 4.78 is 15.1. The first-order valence-electron chi connectivity index (χ1n) is 10.2. The molecule has 0 amide bonds. The van der Waals surface area contributed by atoms with E-state index in [4.69, 9.17) is 11.6 Å². The van der Waals surface area contributed by atoms with Gasteiger partial charge in [0.25, 0.3) is 0 Å². The van der Waals surface area contributed by atoms with Gasteiger partial charge in [0.1, 0.15) is 5.82 Å². The van der Waals surface area contributed by atoms with Crippen LogP contribution in [-0.4, -0.2) is 0 Å². The van der Waals surface area contributed by atoms with Crippen LogP contribution in [0, 0.1) is 5.82 Å². The number of hydrogen-bond donors (Lipinski definition) is 0. The summed E-state index contributed by atoms with van der Waals surface area (Å²) in [5.74, 6) is -0.178. The van der Waals surface area contributed by atoms with Crippen LogP contribution < -0.4 is 0 Å². The Morgan fingerprint density at radius 1 is 0.690 bits per heavy atom. The topological polar surface area (TPSA) is 0 Å². The lowest BCUT2D eigenvalue weighted by Gasteiger charge is -2.09. The molecule has 4 rings (SSSR count). The van der Waals surface area contributed by atoms with Crippen molar-refractivity contribution in [3.63, 3.8) is 0 Å². The number of rotatable bonds is 6. The average Bonchev–Trinajstić information content (AvgIpc) is 2.74. The number of benzene rings is 4. The van der Waals surface area contributed by atoms with Crippen molar-refractivity contribution in [2.75, 3.05) is 0 Å². The third-order valence-electron chi connectivity index (χ3n) is 5.44. The molecule has 0 aromatic heterocycles. The van der Waals surface area contributed by atoms with Crippen molar-refractivity contribution in [2.24, 2.45) is 0 Å². The Balaban J connectivity index is 1.53. The molecule has 0 nitrogen and oxygen atoms in total. The fourth-order valence-electron chi connectivity index (χ4n) is 3.80. The number of aryl methyl sites for hydroxylation is 3. The standard InChI is InChI=1S/C27H24ClF/c1-2-3-19-4-6-20(7-5-19)8-9-21-10-16-26-23(18-21)13-17-25(27(26)29)22-11-14-24(28)15-12-22/h4-7,10-18H,2-3,8-9H2,1H3. The number of hydrogen-bond acceptors (Lipinski definition) is 0. The van der Waals surface area contributed by atoms with Gasteiger partial charge in [0.2, 0.25) is 0 Å². The van der Waals surface area contributed by atoms with E-state index in [-0.39, 0.29) is 5.82 Å². The lowest BCUT2D eigenvalue weighted by molar-refractivity contribution is 0.643. The summed E-state index contributed by atoms with van der Waals surface area (Å²) in [5.41, 5.74) is 5.41. The second-order valence-corrected chi connectivity index (χ2v) is 7.99. The highest BCUT2D eigenvalue weighted by atomic mass is 35.5. The van der Waals surface area contributed by atoms with E-state index in [0.717, 1.165) is 30.2 Å². The monoisotopic (exact) mass is 402 g/mol. The molecule has 0 fully saturated rings. The lowest BCUT2D eigenvalue weighted by atomic mass is 9.97. The minimum atomic E-state index is -0.178. The van der Waals surface area contributed by atoms with E-state index in [1.807, 2.05) is 36.4 Å². The Labute approximate surface area is 177 Å². The van der Waals surface area contributed by atoms with Gasteiger partial charge in [0.05, 0.1) is 0 Å². The van der Waals surface area contributed by atoms with Crippen LogP contribution in [0.1, 0.15) is 30.0 Å². The second kappa shape index (κ2) is 8.80. The van der Waals surface area contributed by atoms with E-state index >= 15 is 4.39 Å². The summed E-state index contributed by atoms with van der Waals surface area (Å²) >= 11 is 5.95. The SMILES string of the molecule is CCCc1ccc(CCc2ccc3c(F)c(-c4ccc(Cl)cc4)ccc3c2)cc1. The van der Waals surface area contributed by atoms with E-state index in [0.29, 0.717) is 16.0 Å². The Bertz CT molecular complexity index is 1110. The number of fused-ring (bicyclic) bond motifs is 1. The summed E-state index contributed by atoms with van der Waals surface area (Å²) in [6, 6.07) is 26.1. The van der Waals surface area contributed by atoms with Crippen LogP contribution in [0.5, 0.6) is 0 Å². The maximum absolute atomic E-state index is 15.1. The van der Waals surface area contributed by atoms with Gasteiger partial charge in [-0.15, -0.1) is 0 Å². The maximum atomic E-state index is 15.1. The normalized spacial score (nSPS) is 11.1. The molecule has 4 aromatic rings. The van der Waals surface area contributed by atoms with Crippen LogP contribution in [0.3, 0.4) is 0 Å². The summed E-state index contributed by atoms with van der Waals surface area (Å²) in [4.78, 5) is 0. The van der Waals surface area contributed by atoms with E-state index in [1.54, 1.807) is 12.1 Å². The molecular formula is C27H24ClF. The molecule has 0 saturated carbocycles. The lowest BCUT2D eigenvalue weighted by Crippen LogP contribution is -1.93. The van der Waals surface area contributed by atoms with E-state index in [2.05, 4.69) is 37.3 Å². The summed E-state index contributed by atoms with van der Waals surface area (Å²) in [7, 11) is 0. The Hall–Kier alpha value is -2.64. The van der Waals surface area contributed by atoms with Crippen molar-refractivity contribution >= 4 is 22.4 Å². The third-order valence-corrected chi connectivity index (χ3v) is 5.69. The Kier molecular flexibility index (Phi) is 5.97. The van der Waals surface area contributed by atoms with Gasteiger partial charge in [0.15, 0.2) is 0 Å². The van der Waals surface area contributed by atoms with Crippen molar-refractivity contribution in [1.82, 2.24) is 0 Å². The van der Waals surface area contributed by atoms with Crippen molar-refractivity contribution in [2.45, 2.75) is 32.6 Å². The highest BCUT2D eigenvalue weighted by Crippen LogP contribution is 2.30. The van der Waals surface area contributed by atoms with Crippen LogP contribution >= 0.6 is 11.6 Å². The molecule has 0 aliphatic rings. The predicted octanol–water partition coefficient (Wildman–Crippen LogP) is 8.04. The summed E-state index contributed by atoms with van der Waals surface area (Å²) in [6.45, 7) is 2.20. The first-order valence-corrected chi connectivity index (χ1v) is 10.6. The van der Waals surface area contributed by atoms with Crippen LogP contribution in [0.15, 0.2) is 78.9 Å². The zero-order valence-electron chi connectivity index (χ0n) is 16.6. The van der Waals surface area contributed by atoms with Crippen molar-refractivity contribution in [3.8, 4) is 11.1 Å². The maximum Gasteiger partial charge on any atom is 0.138 e. The largest absolute Gasteiger partial charge is 0.206 e. The fraction of sp³-hybridized carbons (Fsp3) is 0.185. The van der Waals surface area contributed by atoms with E-state index < -0.39 is 0 Å². The molecule has 0 radical (unpaired) electrons. The zero-order valence-corrected chi connectivity index (χ0v) is 17.3. The van der Waals surface area contributed by atoms with Gasteiger partial charge in [-0.2, -0.15) is 0 Å². The molecule has 29 heavy (non-hydrogen) atoms. The van der Waals surface area contributed by atoms with Crippen LogP contribution in [0.25, 0.3) is 21.9 Å². The van der Waals surface area contributed by atoms with Gasteiger partial charge in [-0.1, -0.05) is 91.7 Å². The van der Waals surface area contributed by atoms with Gasteiger partial charge in [-0.25, -0.2) is 4.39 Å². The zero-order chi connectivity index (χ0) is 20.2. The smallest absolute Gasteiger partial charge is 0.138 e. The van der Waals surface area contributed by atoms with Crippen LogP contribution in [0.2, 0.25) is 5.02 Å². The molecule has 0 spiro atoms. The molecule has 0 saturated heterocycles. The van der Waals surface area contributed by atoms with Crippen LogP contribution in [0.4, 0.5) is 4.39 Å². The van der Waals surface area contributed by atoms with Crippen molar-refractivity contribution in [3.05, 3.63) is 106 Å². The molecule has 2 heteroatoms.